The van der Waals surface area contributed by atoms with Crippen molar-refractivity contribution in [1.29, 1.82) is 0 Å². The van der Waals surface area contributed by atoms with Gasteiger partial charge in [-0.25, -0.2) is 5.43 Å². The highest BCUT2D eigenvalue weighted by Gasteiger charge is 2.07. The van der Waals surface area contributed by atoms with Crippen LogP contribution in [0.15, 0.2) is 52.3 Å². The molecule has 0 radical (unpaired) electrons. The molecule has 2 aromatic heterocycles. The van der Waals surface area contributed by atoms with Crippen molar-refractivity contribution in [3.8, 4) is 0 Å². The van der Waals surface area contributed by atoms with Crippen LogP contribution in [0.4, 0.5) is 0 Å². The number of hydrogen-bond acceptors (Lipinski definition) is 4. The molecule has 0 aliphatic rings. The van der Waals surface area contributed by atoms with Gasteiger partial charge in [0.1, 0.15) is 0 Å². The van der Waals surface area contributed by atoms with E-state index in [1.165, 1.54) is 6.26 Å². The summed E-state index contributed by atoms with van der Waals surface area (Å²) in [7, 11) is 0. The molecule has 2 heterocycles. The topological polar surface area (TPSA) is 67.5 Å². The largest absolute Gasteiger partial charge is 0.459 e. The Morgan fingerprint density at radius 3 is 2.88 bits per heavy atom. The van der Waals surface area contributed by atoms with Crippen LogP contribution in [0.3, 0.4) is 0 Å². The van der Waals surface area contributed by atoms with E-state index in [2.05, 4.69) is 15.5 Å². The minimum Gasteiger partial charge on any atom is -0.459 e. The molecule has 0 spiro atoms. The fourth-order valence-electron chi connectivity index (χ4n) is 1.23. The summed E-state index contributed by atoms with van der Waals surface area (Å²) in [6.45, 7) is 1.77. The maximum Gasteiger partial charge on any atom is 0.307 e. The van der Waals surface area contributed by atoms with E-state index >= 15 is 0 Å². The normalized spacial score (nSPS) is 11.2. The zero-order valence-electron chi connectivity index (χ0n) is 9.25. The molecular weight excluding hydrogens is 218 g/mol. The predicted molar refractivity (Wildman–Crippen MR) is 62.6 cm³/mol. The number of carbonyl (C=O) groups is 1. The van der Waals surface area contributed by atoms with Crippen LogP contribution in [0, 0.1) is 0 Å². The molecule has 0 bridgehead atoms. The van der Waals surface area contributed by atoms with Gasteiger partial charge in [-0.2, -0.15) is 5.10 Å². The number of hydrazone groups is 1. The highest BCUT2D eigenvalue weighted by atomic mass is 16.3. The Hall–Kier alpha value is -2.43. The maximum atomic E-state index is 11.5. The Kier molecular flexibility index (Phi) is 3.30. The Labute approximate surface area is 98.2 Å². The van der Waals surface area contributed by atoms with Crippen LogP contribution in [-0.2, 0) is 0 Å². The summed E-state index contributed by atoms with van der Waals surface area (Å²) in [5.41, 5.74) is 3.74. The zero-order valence-corrected chi connectivity index (χ0v) is 9.25. The molecular formula is C12H11N3O2. The molecule has 0 fully saturated rings. The molecule has 0 aliphatic heterocycles. The van der Waals surface area contributed by atoms with Gasteiger partial charge in [0.15, 0.2) is 5.76 Å². The molecule has 0 atom stereocenters. The molecule has 0 saturated heterocycles. The third kappa shape index (κ3) is 2.78. The van der Waals surface area contributed by atoms with Crippen molar-refractivity contribution in [2.75, 3.05) is 0 Å². The average molecular weight is 229 g/mol. The quantitative estimate of drug-likeness (QED) is 0.644. The molecule has 0 unspecified atom stereocenters. The smallest absolute Gasteiger partial charge is 0.307 e. The summed E-state index contributed by atoms with van der Waals surface area (Å²) < 4.78 is 4.94. The van der Waals surface area contributed by atoms with Gasteiger partial charge in [0, 0.05) is 6.20 Å². The first-order valence-corrected chi connectivity index (χ1v) is 5.07. The van der Waals surface area contributed by atoms with Crippen molar-refractivity contribution in [1.82, 2.24) is 10.4 Å². The van der Waals surface area contributed by atoms with Crippen molar-refractivity contribution >= 4 is 11.6 Å². The second-order valence-corrected chi connectivity index (χ2v) is 3.33. The molecule has 86 valence electrons. The third-order valence-electron chi connectivity index (χ3n) is 2.11. The van der Waals surface area contributed by atoms with E-state index in [0.717, 1.165) is 0 Å². The van der Waals surface area contributed by atoms with Gasteiger partial charge >= 0.3 is 5.91 Å². The zero-order chi connectivity index (χ0) is 12.1. The van der Waals surface area contributed by atoms with Crippen LogP contribution in [0.25, 0.3) is 0 Å². The number of carbonyl (C=O) groups excluding carboxylic acids is 1. The van der Waals surface area contributed by atoms with E-state index < -0.39 is 0 Å². The molecule has 0 saturated carbocycles. The lowest BCUT2D eigenvalue weighted by atomic mass is 10.3. The van der Waals surface area contributed by atoms with Crippen molar-refractivity contribution in [3.63, 3.8) is 0 Å². The second kappa shape index (κ2) is 5.07. The van der Waals surface area contributed by atoms with E-state index in [9.17, 15) is 4.79 Å². The van der Waals surface area contributed by atoms with E-state index in [1.54, 1.807) is 25.3 Å². The molecule has 0 aliphatic carbocycles. The molecule has 5 heteroatoms. The van der Waals surface area contributed by atoms with Crippen LogP contribution in [0.2, 0.25) is 0 Å². The average Bonchev–Trinajstić information content (AvgIpc) is 2.90. The fraction of sp³-hybridized carbons (Fsp3) is 0.0833. The third-order valence-corrected chi connectivity index (χ3v) is 2.11. The second-order valence-electron chi connectivity index (χ2n) is 3.33. The summed E-state index contributed by atoms with van der Waals surface area (Å²) in [5.74, 6) is -0.159. The minimum absolute atomic E-state index is 0.225. The molecule has 1 N–H and O–H groups in total. The van der Waals surface area contributed by atoms with E-state index in [-0.39, 0.29) is 11.7 Å². The van der Waals surface area contributed by atoms with Gasteiger partial charge in [-0.05, 0) is 31.2 Å². The van der Waals surface area contributed by atoms with E-state index in [0.29, 0.717) is 11.4 Å². The first-order valence-electron chi connectivity index (χ1n) is 5.07. The summed E-state index contributed by atoms with van der Waals surface area (Å²) >= 11 is 0. The van der Waals surface area contributed by atoms with Crippen LogP contribution < -0.4 is 5.43 Å². The number of nitrogens with zero attached hydrogens (tertiary/aromatic N) is 2. The Morgan fingerprint density at radius 2 is 2.24 bits per heavy atom. The number of pyridine rings is 1. The minimum atomic E-state index is -0.384. The predicted octanol–water partition coefficient (Wildman–Crippen LogP) is 1.83. The Morgan fingerprint density at radius 1 is 1.35 bits per heavy atom. The lowest BCUT2D eigenvalue weighted by Gasteiger charge is -2.00. The number of amides is 1. The van der Waals surface area contributed by atoms with Gasteiger partial charge in [-0.15, -0.1) is 0 Å². The SMILES string of the molecule is C/C(=N\NC(=O)c1ccco1)c1ccccn1. The van der Waals surface area contributed by atoms with Crippen molar-refractivity contribution in [2.24, 2.45) is 5.10 Å². The van der Waals surface area contributed by atoms with Gasteiger partial charge in [0.05, 0.1) is 17.7 Å². The number of furan rings is 1. The van der Waals surface area contributed by atoms with Crippen molar-refractivity contribution in [3.05, 3.63) is 54.2 Å². The number of nitrogens with one attached hydrogen (secondary N) is 1. The first kappa shape index (κ1) is 11.1. The molecule has 17 heavy (non-hydrogen) atoms. The van der Waals surface area contributed by atoms with E-state index in [4.69, 9.17) is 4.42 Å². The van der Waals surface area contributed by atoms with Crippen LogP contribution in [0.1, 0.15) is 23.2 Å². The monoisotopic (exact) mass is 229 g/mol. The standard InChI is InChI=1S/C12H11N3O2/c1-9(10-5-2-3-7-13-10)14-15-12(16)11-6-4-8-17-11/h2-8H,1H3,(H,15,16)/b14-9+. The lowest BCUT2D eigenvalue weighted by molar-refractivity contribution is 0.0927. The fourth-order valence-corrected chi connectivity index (χ4v) is 1.23. The van der Waals surface area contributed by atoms with Gasteiger partial charge < -0.3 is 4.42 Å². The highest BCUT2D eigenvalue weighted by Crippen LogP contribution is 2.00. The summed E-state index contributed by atoms with van der Waals surface area (Å²) in [6, 6.07) is 8.71. The van der Waals surface area contributed by atoms with Crippen LogP contribution in [-0.4, -0.2) is 16.6 Å². The molecule has 1 amide bonds. The highest BCUT2D eigenvalue weighted by molar-refractivity contribution is 5.98. The molecule has 2 aromatic rings. The number of rotatable bonds is 3. The Bertz CT molecular complexity index is 518. The maximum absolute atomic E-state index is 11.5. The van der Waals surface area contributed by atoms with Crippen LogP contribution in [0.5, 0.6) is 0 Å². The molecule has 0 aromatic carbocycles. The van der Waals surface area contributed by atoms with Gasteiger partial charge in [-0.1, -0.05) is 6.07 Å². The molecule has 5 nitrogen and oxygen atoms in total. The van der Waals surface area contributed by atoms with Crippen molar-refractivity contribution < 1.29 is 9.21 Å². The molecule has 2 rings (SSSR count). The summed E-state index contributed by atoms with van der Waals surface area (Å²) in [4.78, 5) is 15.6. The lowest BCUT2D eigenvalue weighted by Crippen LogP contribution is -2.18. The Balaban J connectivity index is 2.04. The summed E-state index contributed by atoms with van der Waals surface area (Å²) in [6.07, 6.45) is 3.10. The van der Waals surface area contributed by atoms with Crippen molar-refractivity contribution in [2.45, 2.75) is 6.92 Å². The first-order chi connectivity index (χ1) is 8.27. The van der Waals surface area contributed by atoms with Gasteiger partial charge in [0.25, 0.3) is 0 Å². The van der Waals surface area contributed by atoms with E-state index in [1.807, 2.05) is 18.2 Å². The van der Waals surface area contributed by atoms with Crippen LogP contribution >= 0.6 is 0 Å². The number of hydrogen-bond donors (Lipinski definition) is 1. The van der Waals surface area contributed by atoms with Gasteiger partial charge in [0.2, 0.25) is 0 Å². The summed E-state index contributed by atoms with van der Waals surface area (Å²) in [5, 5.41) is 3.94. The number of aromatic nitrogens is 1. The van der Waals surface area contributed by atoms with Gasteiger partial charge in [-0.3, -0.25) is 9.78 Å².